The van der Waals surface area contributed by atoms with E-state index < -0.39 is 29.6 Å². The van der Waals surface area contributed by atoms with Crippen LogP contribution in [0.5, 0.6) is 0 Å². The van der Waals surface area contributed by atoms with Crippen LogP contribution in [0.1, 0.15) is 44.1 Å². The number of β-amino-alcohol motifs (C(OH)–C–C–N with tert-alkyl or cyclic N) is 2. The molecule has 3 N–H and O–H groups in total. The highest BCUT2D eigenvalue weighted by Gasteiger charge is 2.41. The molecule has 2 aromatic rings. The van der Waals surface area contributed by atoms with Crippen molar-refractivity contribution in [2.75, 3.05) is 26.3 Å². The number of hydrogen-bond acceptors (Lipinski definition) is 6. The van der Waals surface area contributed by atoms with Gasteiger partial charge < -0.3 is 25.2 Å². The second kappa shape index (κ2) is 9.40. The van der Waals surface area contributed by atoms with Crippen molar-refractivity contribution in [3.05, 3.63) is 30.0 Å². The average Bonchev–Trinajstić information content (AvgIpc) is 3.31. The highest BCUT2D eigenvalue weighted by molar-refractivity contribution is 6.06. The van der Waals surface area contributed by atoms with Crippen LogP contribution < -0.4 is 5.32 Å². The molecule has 0 bridgehead atoms. The zero-order valence-corrected chi connectivity index (χ0v) is 19.5. The standard InChI is InChI=1S/C24H34N4O5/c1-24(2,3)21(23(32)27-13-18(29)19(30)14-27)25-22(31)20-16-6-4-5-7-17(16)28(26-20)12-15-8-10-33-11-9-15/h4-7,15,18-19,21,29-30H,8-14H2,1-3H3,(H,25,31)/t18-,19?,21-/m1/s1. The van der Waals surface area contributed by atoms with E-state index in [9.17, 15) is 19.8 Å². The van der Waals surface area contributed by atoms with E-state index in [2.05, 4.69) is 10.4 Å². The van der Waals surface area contributed by atoms with Gasteiger partial charge in [-0.05, 0) is 30.2 Å². The number of carbonyl (C=O) groups is 2. The van der Waals surface area contributed by atoms with Crippen molar-refractivity contribution in [3.8, 4) is 0 Å². The summed E-state index contributed by atoms with van der Waals surface area (Å²) in [6.07, 6.45) is -0.0292. The summed E-state index contributed by atoms with van der Waals surface area (Å²) in [5.41, 5.74) is 0.603. The lowest BCUT2D eigenvalue weighted by Gasteiger charge is -2.33. The normalized spacial score (nSPS) is 23.1. The largest absolute Gasteiger partial charge is 0.388 e. The molecule has 0 spiro atoms. The minimum Gasteiger partial charge on any atom is -0.388 e. The van der Waals surface area contributed by atoms with Crippen LogP contribution in [0.25, 0.3) is 10.9 Å². The Hall–Kier alpha value is -2.49. The fourth-order valence-electron chi connectivity index (χ4n) is 4.59. The minimum atomic E-state index is -0.977. The molecular weight excluding hydrogens is 424 g/mol. The van der Waals surface area contributed by atoms with Gasteiger partial charge in [0.2, 0.25) is 5.91 Å². The van der Waals surface area contributed by atoms with Crippen molar-refractivity contribution >= 4 is 22.7 Å². The van der Waals surface area contributed by atoms with E-state index >= 15 is 0 Å². The molecule has 4 rings (SSSR count). The zero-order chi connectivity index (χ0) is 23.8. The third kappa shape index (κ3) is 5.05. The molecule has 0 aliphatic carbocycles. The molecule has 0 radical (unpaired) electrons. The molecule has 9 heteroatoms. The summed E-state index contributed by atoms with van der Waals surface area (Å²) in [5.74, 6) is -0.294. The Kier molecular flexibility index (Phi) is 6.74. The molecule has 2 saturated heterocycles. The first-order chi connectivity index (χ1) is 15.6. The molecule has 1 aromatic carbocycles. The number of amides is 2. The van der Waals surface area contributed by atoms with E-state index in [1.165, 1.54) is 4.90 Å². The van der Waals surface area contributed by atoms with Crippen LogP contribution in [0.3, 0.4) is 0 Å². The first-order valence-corrected chi connectivity index (χ1v) is 11.6. The van der Waals surface area contributed by atoms with Gasteiger partial charge in [-0.3, -0.25) is 14.3 Å². The number of para-hydroxylation sites is 1. The molecule has 9 nitrogen and oxygen atoms in total. The molecule has 1 unspecified atom stereocenters. The van der Waals surface area contributed by atoms with Gasteiger partial charge in [0.05, 0.1) is 17.7 Å². The predicted octanol–water partition coefficient (Wildman–Crippen LogP) is 1.17. The molecule has 180 valence electrons. The number of benzene rings is 1. The van der Waals surface area contributed by atoms with Crippen molar-refractivity contribution < 1.29 is 24.5 Å². The van der Waals surface area contributed by atoms with Gasteiger partial charge in [-0.2, -0.15) is 5.10 Å². The average molecular weight is 459 g/mol. The van der Waals surface area contributed by atoms with Crippen LogP contribution in [0, 0.1) is 11.3 Å². The zero-order valence-electron chi connectivity index (χ0n) is 19.5. The number of nitrogens with one attached hydrogen (secondary N) is 1. The number of ether oxygens (including phenoxy) is 1. The van der Waals surface area contributed by atoms with Gasteiger partial charge in [0, 0.05) is 38.2 Å². The number of nitrogens with zero attached hydrogens (tertiary/aromatic N) is 3. The fraction of sp³-hybridized carbons (Fsp3) is 0.625. The maximum atomic E-state index is 13.4. The molecule has 2 amide bonds. The summed E-state index contributed by atoms with van der Waals surface area (Å²) in [6.45, 7) is 7.92. The Labute approximate surface area is 193 Å². The van der Waals surface area contributed by atoms with Gasteiger partial charge in [0.25, 0.3) is 5.91 Å². The lowest BCUT2D eigenvalue weighted by Crippen LogP contribution is -2.54. The summed E-state index contributed by atoms with van der Waals surface area (Å²) in [7, 11) is 0. The highest BCUT2D eigenvalue weighted by atomic mass is 16.5. The molecule has 2 aliphatic heterocycles. The van der Waals surface area contributed by atoms with Crippen LogP contribution in [0.2, 0.25) is 0 Å². The van der Waals surface area contributed by atoms with Crippen molar-refractivity contribution in [2.45, 2.75) is 58.4 Å². The van der Waals surface area contributed by atoms with Gasteiger partial charge in [0.1, 0.15) is 6.04 Å². The van der Waals surface area contributed by atoms with Gasteiger partial charge in [-0.15, -0.1) is 0 Å². The number of aromatic nitrogens is 2. The smallest absolute Gasteiger partial charge is 0.273 e. The maximum absolute atomic E-state index is 13.4. The van der Waals surface area contributed by atoms with E-state index in [1.54, 1.807) is 0 Å². The predicted molar refractivity (Wildman–Crippen MR) is 123 cm³/mol. The molecule has 3 heterocycles. The number of rotatable bonds is 5. The first kappa shape index (κ1) is 23.7. The van der Waals surface area contributed by atoms with Crippen molar-refractivity contribution in [3.63, 3.8) is 0 Å². The van der Waals surface area contributed by atoms with Crippen LogP contribution in [-0.4, -0.2) is 81.3 Å². The molecule has 1 aromatic heterocycles. The third-order valence-electron chi connectivity index (χ3n) is 6.60. The summed E-state index contributed by atoms with van der Waals surface area (Å²) >= 11 is 0. The van der Waals surface area contributed by atoms with Crippen molar-refractivity contribution in [2.24, 2.45) is 11.3 Å². The lowest BCUT2D eigenvalue weighted by molar-refractivity contribution is -0.135. The molecule has 33 heavy (non-hydrogen) atoms. The van der Waals surface area contributed by atoms with Crippen LogP contribution in [0.4, 0.5) is 0 Å². The SMILES string of the molecule is CC(C)(C)[C@H](NC(=O)c1nn(CC2CCOCC2)c2ccccc12)C(=O)N1CC(O)[C@H](O)C1. The topological polar surface area (TPSA) is 117 Å². The summed E-state index contributed by atoms with van der Waals surface area (Å²) in [4.78, 5) is 28.0. The van der Waals surface area contributed by atoms with E-state index in [4.69, 9.17) is 4.74 Å². The second-order valence-electron chi connectivity index (χ2n) is 10.3. The van der Waals surface area contributed by atoms with E-state index in [0.717, 1.165) is 37.0 Å². The Morgan fingerprint density at radius 2 is 1.79 bits per heavy atom. The third-order valence-corrected chi connectivity index (χ3v) is 6.60. The number of fused-ring (bicyclic) bond motifs is 1. The van der Waals surface area contributed by atoms with E-state index in [-0.39, 0.29) is 19.0 Å². The molecule has 2 fully saturated rings. The molecule has 0 saturated carbocycles. The number of carbonyl (C=O) groups excluding carboxylic acids is 2. The Morgan fingerprint density at radius 3 is 2.42 bits per heavy atom. The quantitative estimate of drug-likeness (QED) is 0.619. The second-order valence-corrected chi connectivity index (χ2v) is 10.3. The lowest BCUT2D eigenvalue weighted by atomic mass is 9.85. The first-order valence-electron chi connectivity index (χ1n) is 11.6. The van der Waals surface area contributed by atoms with Crippen molar-refractivity contribution in [1.29, 1.82) is 0 Å². The van der Waals surface area contributed by atoms with Crippen LogP contribution in [-0.2, 0) is 16.1 Å². The van der Waals surface area contributed by atoms with E-state index in [0.29, 0.717) is 18.2 Å². The monoisotopic (exact) mass is 458 g/mol. The van der Waals surface area contributed by atoms with Crippen LogP contribution >= 0.6 is 0 Å². The minimum absolute atomic E-state index is 0.0467. The van der Waals surface area contributed by atoms with E-state index in [1.807, 2.05) is 49.7 Å². The summed E-state index contributed by atoms with van der Waals surface area (Å²) in [5, 5.41) is 28.0. The molecule has 2 aliphatic rings. The number of likely N-dealkylation sites (tertiary alicyclic amines) is 1. The van der Waals surface area contributed by atoms with Gasteiger partial charge in [-0.25, -0.2) is 0 Å². The van der Waals surface area contributed by atoms with Crippen molar-refractivity contribution in [1.82, 2.24) is 20.0 Å². The molecular formula is C24H34N4O5. The van der Waals surface area contributed by atoms with Crippen LogP contribution in [0.15, 0.2) is 24.3 Å². The Balaban J connectivity index is 1.58. The number of aliphatic hydroxyl groups is 2. The highest BCUT2D eigenvalue weighted by Crippen LogP contribution is 2.26. The number of aliphatic hydroxyl groups excluding tert-OH is 2. The van der Waals surface area contributed by atoms with Gasteiger partial charge in [-0.1, -0.05) is 39.0 Å². The Bertz CT molecular complexity index is 998. The Morgan fingerprint density at radius 1 is 1.15 bits per heavy atom. The number of hydrogen-bond donors (Lipinski definition) is 3. The fourth-order valence-corrected chi connectivity index (χ4v) is 4.59. The summed E-state index contributed by atoms with van der Waals surface area (Å²) in [6, 6.07) is 6.80. The summed E-state index contributed by atoms with van der Waals surface area (Å²) < 4.78 is 7.35. The molecule has 3 atom stereocenters. The van der Waals surface area contributed by atoms with Gasteiger partial charge >= 0.3 is 0 Å². The maximum Gasteiger partial charge on any atom is 0.273 e. The van der Waals surface area contributed by atoms with Gasteiger partial charge in [0.15, 0.2) is 5.69 Å².